The predicted molar refractivity (Wildman–Crippen MR) is 77.8 cm³/mol. The summed E-state index contributed by atoms with van der Waals surface area (Å²) in [5.74, 6) is 0. The molecule has 1 saturated carbocycles. The molecular weight excluding hydrogens is 262 g/mol. The second kappa shape index (κ2) is 7.19. The van der Waals surface area contributed by atoms with Gasteiger partial charge in [0.15, 0.2) is 5.13 Å². The van der Waals surface area contributed by atoms with Gasteiger partial charge in [0.2, 0.25) is 0 Å². The molecule has 0 radical (unpaired) electrons. The SMILES string of the molecule is COCCN(C)c1nc(COC)c(CNC2CC2)s1. The molecule has 0 bridgehead atoms. The molecule has 1 fully saturated rings. The lowest BCUT2D eigenvalue weighted by molar-refractivity contribution is 0.181. The van der Waals surface area contributed by atoms with Crippen molar-refractivity contribution < 1.29 is 9.47 Å². The molecule has 6 heteroatoms. The second-order valence-corrected chi connectivity index (χ2v) is 5.93. The smallest absolute Gasteiger partial charge is 0.185 e. The maximum atomic E-state index is 5.24. The number of nitrogens with zero attached hydrogens (tertiary/aromatic N) is 2. The number of ether oxygens (including phenoxy) is 2. The van der Waals surface area contributed by atoms with Gasteiger partial charge in [-0.25, -0.2) is 4.98 Å². The molecule has 0 aromatic carbocycles. The number of likely N-dealkylation sites (N-methyl/N-ethyl adjacent to an activating group) is 1. The Morgan fingerprint density at radius 3 is 2.79 bits per heavy atom. The standard InChI is InChI=1S/C13H23N3O2S/c1-16(6-7-17-2)13-15-11(9-18-3)12(19-13)8-14-10-4-5-10/h10,14H,4-9H2,1-3H3. The molecule has 108 valence electrons. The summed E-state index contributed by atoms with van der Waals surface area (Å²) in [4.78, 5) is 8.09. The largest absolute Gasteiger partial charge is 0.383 e. The van der Waals surface area contributed by atoms with Gasteiger partial charge in [-0.2, -0.15) is 0 Å². The minimum absolute atomic E-state index is 0.580. The molecule has 2 rings (SSSR count). The first-order valence-electron chi connectivity index (χ1n) is 6.65. The summed E-state index contributed by atoms with van der Waals surface area (Å²) in [6, 6.07) is 0.715. The molecule has 1 N–H and O–H groups in total. The Balaban J connectivity index is 1.99. The van der Waals surface area contributed by atoms with Crippen molar-refractivity contribution in [2.24, 2.45) is 0 Å². The average molecular weight is 285 g/mol. The zero-order chi connectivity index (χ0) is 13.7. The van der Waals surface area contributed by atoms with E-state index in [1.54, 1.807) is 25.6 Å². The number of anilines is 1. The van der Waals surface area contributed by atoms with Crippen molar-refractivity contribution >= 4 is 16.5 Å². The Morgan fingerprint density at radius 2 is 2.16 bits per heavy atom. The van der Waals surface area contributed by atoms with Crippen molar-refractivity contribution in [3.05, 3.63) is 10.6 Å². The van der Waals surface area contributed by atoms with Crippen LogP contribution in [0.3, 0.4) is 0 Å². The topological polar surface area (TPSA) is 46.6 Å². The van der Waals surface area contributed by atoms with Crippen molar-refractivity contribution in [3.63, 3.8) is 0 Å². The van der Waals surface area contributed by atoms with Crippen LogP contribution in [0.4, 0.5) is 5.13 Å². The molecule has 1 heterocycles. The first-order valence-corrected chi connectivity index (χ1v) is 7.47. The first-order chi connectivity index (χ1) is 9.24. The maximum absolute atomic E-state index is 5.24. The Hall–Kier alpha value is -0.690. The first kappa shape index (κ1) is 14.7. The molecule has 19 heavy (non-hydrogen) atoms. The van der Waals surface area contributed by atoms with E-state index < -0.39 is 0 Å². The molecule has 0 spiro atoms. The lowest BCUT2D eigenvalue weighted by Crippen LogP contribution is -2.21. The van der Waals surface area contributed by atoms with Gasteiger partial charge in [0, 0.05) is 45.3 Å². The predicted octanol–water partition coefficient (Wildman–Crippen LogP) is 1.62. The molecule has 1 aromatic rings. The molecule has 1 aliphatic rings. The van der Waals surface area contributed by atoms with Gasteiger partial charge in [0.05, 0.1) is 18.9 Å². The minimum atomic E-state index is 0.580. The fraction of sp³-hybridized carbons (Fsp3) is 0.769. The van der Waals surface area contributed by atoms with E-state index in [2.05, 4.69) is 15.2 Å². The fourth-order valence-electron chi connectivity index (χ4n) is 1.77. The summed E-state index contributed by atoms with van der Waals surface area (Å²) in [5.41, 5.74) is 1.06. The van der Waals surface area contributed by atoms with E-state index in [-0.39, 0.29) is 0 Å². The lowest BCUT2D eigenvalue weighted by atomic mass is 10.3. The highest BCUT2D eigenvalue weighted by Gasteiger charge is 2.22. The van der Waals surface area contributed by atoms with Gasteiger partial charge in [-0.1, -0.05) is 0 Å². The van der Waals surface area contributed by atoms with Crippen LogP contribution in [0.25, 0.3) is 0 Å². The van der Waals surface area contributed by atoms with Gasteiger partial charge < -0.3 is 19.7 Å². The van der Waals surface area contributed by atoms with Crippen LogP contribution < -0.4 is 10.2 Å². The maximum Gasteiger partial charge on any atom is 0.185 e. The normalized spacial score (nSPS) is 14.9. The average Bonchev–Trinajstić information content (AvgIpc) is 3.15. The molecule has 1 aromatic heterocycles. The number of nitrogens with one attached hydrogen (secondary N) is 1. The monoisotopic (exact) mass is 285 g/mol. The van der Waals surface area contributed by atoms with E-state index in [0.29, 0.717) is 19.3 Å². The van der Waals surface area contributed by atoms with Crippen LogP contribution in [0.15, 0.2) is 0 Å². The quantitative estimate of drug-likeness (QED) is 0.747. The Kier molecular flexibility index (Phi) is 5.57. The Morgan fingerprint density at radius 1 is 1.37 bits per heavy atom. The van der Waals surface area contributed by atoms with Crippen molar-refractivity contribution in [2.75, 3.05) is 39.3 Å². The Bertz CT molecular complexity index is 393. The fourth-order valence-corrected chi connectivity index (χ4v) is 2.77. The Labute approximate surface area is 118 Å². The second-order valence-electron chi connectivity index (χ2n) is 4.87. The number of methoxy groups -OCH3 is 2. The van der Waals surface area contributed by atoms with Gasteiger partial charge in [-0.3, -0.25) is 0 Å². The number of aromatic nitrogens is 1. The summed E-state index contributed by atoms with van der Waals surface area (Å²) in [6.45, 7) is 3.05. The van der Waals surface area contributed by atoms with Crippen molar-refractivity contribution in [1.82, 2.24) is 10.3 Å². The molecular formula is C13H23N3O2S. The van der Waals surface area contributed by atoms with E-state index in [1.807, 2.05) is 7.05 Å². The van der Waals surface area contributed by atoms with Crippen molar-refractivity contribution in [3.8, 4) is 0 Å². The zero-order valence-corrected chi connectivity index (χ0v) is 12.8. The van der Waals surface area contributed by atoms with E-state index >= 15 is 0 Å². The summed E-state index contributed by atoms with van der Waals surface area (Å²) in [7, 11) is 5.48. The van der Waals surface area contributed by atoms with Gasteiger partial charge in [-0.15, -0.1) is 11.3 Å². The highest BCUT2D eigenvalue weighted by Crippen LogP contribution is 2.27. The summed E-state index contributed by atoms with van der Waals surface area (Å²) >= 11 is 1.74. The molecule has 0 atom stereocenters. The number of rotatable bonds is 9. The highest BCUT2D eigenvalue weighted by atomic mass is 32.1. The van der Waals surface area contributed by atoms with Crippen molar-refractivity contribution in [2.45, 2.75) is 32.0 Å². The molecule has 0 amide bonds. The lowest BCUT2D eigenvalue weighted by Gasteiger charge is -2.14. The zero-order valence-electron chi connectivity index (χ0n) is 11.9. The minimum Gasteiger partial charge on any atom is -0.383 e. The van der Waals surface area contributed by atoms with Crippen molar-refractivity contribution in [1.29, 1.82) is 0 Å². The van der Waals surface area contributed by atoms with E-state index in [4.69, 9.17) is 9.47 Å². The van der Waals surface area contributed by atoms with Crippen LogP contribution in [0.2, 0.25) is 0 Å². The van der Waals surface area contributed by atoms with Gasteiger partial charge in [0.1, 0.15) is 0 Å². The molecule has 0 aliphatic heterocycles. The van der Waals surface area contributed by atoms with E-state index in [1.165, 1.54) is 17.7 Å². The van der Waals surface area contributed by atoms with Gasteiger partial charge in [0.25, 0.3) is 0 Å². The van der Waals surface area contributed by atoms with Crippen LogP contribution in [-0.4, -0.2) is 45.4 Å². The summed E-state index contributed by atoms with van der Waals surface area (Å²) in [5, 5.41) is 4.58. The number of hydrogen-bond acceptors (Lipinski definition) is 6. The summed E-state index contributed by atoms with van der Waals surface area (Å²) < 4.78 is 10.3. The third kappa shape index (κ3) is 4.42. The number of thiazole rings is 1. The van der Waals surface area contributed by atoms with Crippen LogP contribution in [0, 0.1) is 0 Å². The van der Waals surface area contributed by atoms with E-state index in [0.717, 1.165) is 23.9 Å². The third-order valence-electron chi connectivity index (χ3n) is 3.13. The van der Waals surface area contributed by atoms with Crippen LogP contribution in [-0.2, 0) is 22.6 Å². The molecule has 5 nitrogen and oxygen atoms in total. The molecule has 1 aliphatic carbocycles. The van der Waals surface area contributed by atoms with Gasteiger partial charge in [-0.05, 0) is 12.8 Å². The van der Waals surface area contributed by atoms with E-state index in [9.17, 15) is 0 Å². The number of hydrogen-bond donors (Lipinski definition) is 1. The third-order valence-corrected chi connectivity index (χ3v) is 4.35. The van der Waals surface area contributed by atoms with Crippen LogP contribution >= 0.6 is 11.3 Å². The molecule has 0 unspecified atom stereocenters. The summed E-state index contributed by atoms with van der Waals surface area (Å²) in [6.07, 6.45) is 2.61. The van der Waals surface area contributed by atoms with Crippen LogP contribution in [0.5, 0.6) is 0 Å². The van der Waals surface area contributed by atoms with Crippen LogP contribution in [0.1, 0.15) is 23.4 Å². The molecule has 0 saturated heterocycles. The highest BCUT2D eigenvalue weighted by molar-refractivity contribution is 7.15. The van der Waals surface area contributed by atoms with Gasteiger partial charge >= 0.3 is 0 Å².